The van der Waals surface area contributed by atoms with E-state index in [-0.39, 0.29) is 11.6 Å². The summed E-state index contributed by atoms with van der Waals surface area (Å²) in [6.07, 6.45) is 0.384. The number of methoxy groups -OCH3 is 2. The molecule has 0 saturated carbocycles. The molecule has 1 aliphatic heterocycles. The van der Waals surface area contributed by atoms with Crippen LogP contribution >= 0.6 is 23.8 Å². The summed E-state index contributed by atoms with van der Waals surface area (Å²) in [5, 5.41) is 11.8. The van der Waals surface area contributed by atoms with Crippen molar-refractivity contribution >= 4 is 51.2 Å². The second-order valence-electron chi connectivity index (χ2n) is 9.75. The number of nitrogens with zero attached hydrogens (tertiary/aromatic N) is 2. The molecule has 1 aromatic heterocycles. The van der Waals surface area contributed by atoms with Gasteiger partial charge in [0.25, 0.3) is 5.56 Å². The van der Waals surface area contributed by atoms with Crippen molar-refractivity contribution in [3.05, 3.63) is 124 Å². The molecule has 0 amide bonds. The van der Waals surface area contributed by atoms with Crippen LogP contribution < -0.4 is 20.3 Å². The maximum Gasteiger partial charge on any atom is 0.258 e. The monoisotopic (exact) mass is 594 g/mol. The number of aromatic amines is 1. The minimum atomic E-state index is -0.383. The Balaban J connectivity index is 1.55. The van der Waals surface area contributed by atoms with Crippen LogP contribution in [0, 0.1) is 0 Å². The zero-order valence-electron chi connectivity index (χ0n) is 22.9. The molecule has 42 heavy (non-hydrogen) atoms. The lowest BCUT2D eigenvalue weighted by Crippen LogP contribution is -2.31. The fraction of sp³-hybridized carbons (Fsp3) is 0.121. The molecule has 4 aromatic carbocycles. The number of H-pyrrole nitrogens is 1. The van der Waals surface area contributed by atoms with E-state index in [1.807, 2.05) is 91.0 Å². The number of anilines is 1. The Morgan fingerprint density at radius 2 is 1.69 bits per heavy atom. The number of hydrogen-bond acceptors (Lipinski definition) is 5. The number of nitrogens with one attached hydrogen (secondary N) is 2. The number of halogens is 1. The van der Waals surface area contributed by atoms with Crippen LogP contribution in [0.4, 0.5) is 5.69 Å². The molecule has 7 nitrogen and oxygen atoms in total. The number of ether oxygens (including phenoxy) is 2. The van der Waals surface area contributed by atoms with Gasteiger partial charge in [-0.15, -0.1) is 0 Å². The van der Waals surface area contributed by atoms with Gasteiger partial charge < -0.3 is 19.8 Å². The van der Waals surface area contributed by atoms with Crippen LogP contribution in [-0.4, -0.2) is 35.0 Å². The smallest absolute Gasteiger partial charge is 0.258 e. The third kappa shape index (κ3) is 5.11. The van der Waals surface area contributed by atoms with Crippen LogP contribution in [0.15, 0.2) is 107 Å². The zero-order valence-corrected chi connectivity index (χ0v) is 24.5. The van der Waals surface area contributed by atoms with Crippen LogP contribution in [0.1, 0.15) is 23.6 Å². The molecule has 210 valence electrons. The quantitative estimate of drug-likeness (QED) is 0.199. The van der Waals surface area contributed by atoms with Gasteiger partial charge in [0.05, 0.1) is 31.5 Å². The number of thiocarbonyl (C=S) groups is 1. The first kappa shape index (κ1) is 27.5. The third-order valence-electron chi connectivity index (χ3n) is 7.26. The van der Waals surface area contributed by atoms with Gasteiger partial charge in [0.2, 0.25) is 0 Å². The summed E-state index contributed by atoms with van der Waals surface area (Å²) in [4.78, 5) is 16.9. The molecule has 0 bridgehead atoms. The van der Waals surface area contributed by atoms with Crippen molar-refractivity contribution in [2.75, 3.05) is 19.5 Å². The zero-order chi connectivity index (χ0) is 29.2. The van der Waals surface area contributed by atoms with E-state index in [0.29, 0.717) is 44.8 Å². The predicted octanol–water partition coefficient (Wildman–Crippen LogP) is 7.41. The molecule has 5 aromatic rings. The normalized spacial score (nSPS) is 14.5. The van der Waals surface area contributed by atoms with Crippen molar-refractivity contribution in [2.45, 2.75) is 12.5 Å². The highest BCUT2D eigenvalue weighted by Gasteiger charge is 2.36. The third-order valence-corrected chi connectivity index (χ3v) is 7.79. The number of pyridine rings is 1. The minimum absolute atomic E-state index is 0.248. The van der Waals surface area contributed by atoms with E-state index < -0.39 is 0 Å². The highest BCUT2D eigenvalue weighted by Crippen LogP contribution is 2.43. The van der Waals surface area contributed by atoms with Gasteiger partial charge in [-0.2, -0.15) is 5.10 Å². The summed E-state index contributed by atoms with van der Waals surface area (Å²) < 4.78 is 11.4. The summed E-state index contributed by atoms with van der Waals surface area (Å²) >= 11 is 12.4. The number of para-hydroxylation sites is 2. The van der Waals surface area contributed by atoms with Crippen LogP contribution in [0.5, 0.6) is 11.5 Å². The predicted molar refractivity (Wildman–Crippen MR) is 173 cm³/mol. The summed E-state index contributed by atoms with van der Waals surface area (Å²) in [5.74, 6) is 1.17. The van der Waals surface area contributed by atoms with E-state index in [0.717, 1.165) is 27.8 Å². The molecule has 2 N–H and O–H groups in total. The minimum Gasteiger partial charge on any atom is -0.493 e. The molecule has 1 aliphatic rings. The molecular formula is C33H27ClN4O3S. The lowest BCUT2D eigenvalue weighted by Gasteiger charge is -2.26. The molecule has 2 heterocycles. The summed E-state index contributed by atoms with van der Waals surface area (Å²) in [7, 11) is 3.21. The molecule has 1 unspecified atom stereocenters. The summed E-state index contributed by atoms with van der Waals surface area (Å²) in [6.45, 7) is 0. The van der Waals surface area contributed by atoms with Crippen molar-refractivity contribution in [3.8, 4) is 22.6 Å². The van der Waals surface area contributed by atoms with Crippen molar-refractivity contribution in [3.63, 3.8) is 0 Å². The van der Waals surface area contributed by atoms with Gasteiger partial charge >= 0.3 is 0 Å². The van der Waals surface area contributed by atoms with E-state index in [9.17, 15) is 4.79 Å². The van der Waals surface area contributed by atoms with Crippen LogP contribution in [0.3, 0.4) is 0 Å². The lowest BCUT2D eigenvalue weighted by molar-refractivity contribution is 0.327. The largest absolute Gasteiger partial charge is 0.493 e. The van der Waals surface area contributed by atoms with Crippen LogP contribution in [0.2, 0.25) is 5.02 Å². The van der Waals surface area contributed by atoms with E-state index in [1.54, 1.807) is 25.3 Å². The Bertz CT molecular complexity index is 1880. The fourth-order valence-corrected chi connectivity index (χ4v) is 5.87. The number of hydrazone groups is 1. The van der Waals surface area contributed by atoms with Crippen molar-refractivity contribution < 1.29 is 9.47 Å². The standard InChI is InChI=1S/C33H27ClN4O3S/c1-40-28-15-9-14-23(31(28)41-2)27-19-26(37-38(27)33(42)35-22-12-7-4-8-13-22)30-29(20-10-5-3-6-11-20)24-18-21(34)16-17-25(24)36-32(30)39/h3-18,27H,19H2,1-2H3,(H,35,42)(H,36,39). The first-order valence-electron chi connectivity index (χ1n) is 13.3. The Morgan fingerprint density at radius 1 is 0.952 bits per heavy atom. The molecule has 0 radical (unpaired) electrons. The SMILES string of the molecule is COc1cccc(C2CC(c3c(-c4ccccc4)c4cc(Cl)ccc4[nH]c3=O)=NN2C(=S)Nc2ccccc2)c1OC. The highest BCUT2D eigenvalue weighted by molar-refractivity contribution is 7.80. The van der Waals surface area contributed by atoms with Gasteiger partial charge in [-0.3, -0.25) is 4.79 Å². The number of benzene rings is 4. The van der Waals surface area contributed by atoms with Gasteiger partial charge in [0.15, 0.2) is 16.6 Å². The van der Waals surface area contributed by atoms with Crippen LogP contribution in [0.25, 0.3) is 22.0 Å². The average molecular weight is 595 g/mol. The topological polar surface area (TPSA) is 79.0 Å². The number of aromatic nitrogens is 1. The molecule has 1 atom stereocenters. The number of hydrogen-bond donors (Lipinski definition) is 2. The molecular weight excluding hydrogens is 568 g/mol. The van der Waals surface area contributed by atoms with Crippen LogP contribution in [-0.2, 0) is 0 Å². The Morgan fingerprint density at radius 3 is 2.40 bits per heavy atom. The fourth-order valence-electron chi connectivity index (χ4n) is 5.41. The Labute approximate surface area is 253 Å². The first-order valence-corrected chi connectivity index (χ1v) is 14.1. The average Bonchev–Trinajstić information content (AvgIpc) is 3.46. The Kier molecular flexibility index (Phi) is 7.65. The van der Waals surface area contributed by atoms with E-state index in [2.05, 4.69) is 10.3 Å². The molecule has 9 heteroatoms. The van der Waals surface area contributed by atoms with Gasteiger partial charge in [-0.1, -0.05) is 72.3 Å². The second kappa shape index (κ2) is 11.7. The van der Waals surface area contributed by atoms with Gasteiger partial charge in [-0.05, 0) is 54.2 Å². The maximum absolute atomic E-state index is 13.9. The van der Waals surface area contributed by atoms with E-state index >= 15 is 0 Å². The van der Waals surface area contributed by atoms with Crippen molar-refractivity contribution in [2.24, 2.45) is 5.10 Å². The molecule has 6 rings (SSSR count). The maximum atomic E-state index is 13.9. The summed E-state index contributed by atoms with van der Waals surface area (Å²) in [6, 6.07) is 30.2. The van der Waals surface area contributed by atoms with Gasteiger partial charge in [0, 0.05) is 39.2 Å². The highest BCUT2D eigenvalue weighted by atomic mass is 35.5. The van der Waals surface area contributed by atoms with E-state index in [4.69, 9.17) is 38.4 Å². The molecule has 0 fully saturated rings. The molecule has 0 aliphatic carbocycles. The molecule has 0 spiro atoms. The molecule has 0 saturated heterocycles. The summed E-state index contributed by atoms with van der Waals surface area (Å²) in [5.41, 5.74) is 4.79. The number of fused-ring (bicyclic) bond motifs is 1. The Hall–Kier alpha value is -4.66. The van der Waals surface area contributed by atoms with Gasteiger partial charge in [-0.25, -0.2) is 5.01 Å². The second-order valence-corrected chi connectivity index (χ2v) is 10.6. The number of rotatable bonds is 6. The van der Waals surface area contributed by atoms with Crippen molar-refractivity contribution in [1.29, 1.82) is 0 Å². The van der Waals surface area contributed by atoms with E-state index in [1.165, 1.54) is 0 Å². The lowest BCUT2D eigenvalue weighted by atomic mass is 9.91. The first-order chi connectivity index (χ1) is 20.5. The van der Waals surface area contributed by atoms with Crippen molar-refractivity contribution in [1.82, 2.24) is 9.99 Å². The van der Waals surface area contributed by atoms with Gasteiger partial charge in [0.1, 0.15) is 0 Å².